The molecular weight excluding hydrogens is 392 g/mol. The van der Waals surface area contributed by atoms with Crippen molar-refractivity contribution in [2.24, 2.45) is 5.92 Å². The first kappa shape index (κ1) is 23.9. The summed E-state index contributed by atoms with van der Waals surface area (Å²) in [6.07, 6.45) is 1.39. The van der Waals surface area contributed by atoms with Crippen molar-refractivity contribution >= 4 is 22.2 Å². The fourth-order valence-electron chi connectivity index (χ4n) is 3.91. The van der Waals surface area contributed by atoms with Crippen molar-refractivity contribution in [3.63, 3.8) is 0 Å². The molecule has 0 N–H and O–H groups in total. The molecule has 4 nitrogen and oxygen atoms in total. The average Bonchev–Trinajstić information content (AvgIpc) is 2.73. The van der Waals surface area contributed by atoms with E-state index >= 15 is 0 Å². The Morgan fingerprint density at radius 1 is 1.10 bits per heavy atom. The minimum Gasteiger partial charge on any atom is -0.540 e. The number of ketones is 1. The topological polar surface area (TPSA) is 52.6 Å². The van der Waals surface area contributed by atoms with Crippen LogP contribution in [-0.2, 0) is 16.6 Å². The number of rotatable bonds is 8. The summed E-state index contributed by atoms with van der Waals surface area (Å²) >= 11 is 0. The van der Waals surface area contributed by atoms with E-state index in [4.69, 9.17) is 9.16 Å². The second-order valence-corrected chi connectivity index (χ2v) is 8.68. The van der Waals surface area contributed by atoms with E-state index in [0.29, 0.717) is 34.4 Å². The Labute approximate surface area is 183 Å². The van der Waals surface area contributed by atoms with Gasteiger partial charge in [-0.05, 0) is 30.2 Å². The highest BCUT2D eigenvalue weighted by Crippen LogP contribution is 2.45. The number of methoxy groups -OCH3 is 1. The first-order valence-corrected chi connectivity index (χ1v) is 10.8. The molecular formula is C25H31O4Si. The molecule has 5 heteroatoms. The monoisotopic (exact) mass is 423 g/mol. The van der Waals surface area contributed by atoms with Gasteiger partial charge in [-0.1, -0.05) is 71.4 Å². The van der Waals surface area contributed by atoms with Crippen molar-refractivity contribution in [1.29, 1.82) is 0 Å². The molecule has 159 valence electrons. The Balaban J connectivity index is 3.05. The minimum absolute atomic E-state index is 0.207. The third-order valence-electron chi connectivity index (χ3n) is 6.15. The Kier molecular flexibility index (Phi) is 7.64. The average molecular weight is 424 g/mol. The van der Waals surface area contributed by atoms with Crippen LogP contribution in [-0.4, -0.2) is 29.3 Å². The van der Waals surface area contributed by atoms with Crippen LogP contribution < -0.4 is 4.43 Å². The second-order valence-electron chi connectivity index (χ2n) is 8.47. The fraction of sp³-hybridized carbons (Fsp3) is 0.440. The molecule has 0 aliphatic heterocycles. The lowest BCUT2D eigenvalue weighted by molar-refractivity contribution is 0.0596. The highest BCUT2D eigenvalue weighted by molar-refractivity contribution is 6.16. The van der Waals surface area contributed by atoms with Crippen LogP contribution in [0.3, 0.4) is 0 Å². The molecule has 0 unspecified atom stereocenters. The van der Waals surface area contributed by atoms with Gasteiger partial charge >= 0.3 is 16.5 Å². The van der Waals surface area contributed by atoms with Gasteiger partial charge in [-0.2, -0.15) is 0 Å². The zero-order valence-corrected chi connectivity index (χ0v) is 20.0. The van der Waals surface area contributed by atoms with Crippen molar-refractivity contribution in [2.45, 2.75) is 59.8 Å². The molecule has 3 radical (unpaired) electrons. The molecule has 2 rings (SSSR count). The largest absolute Gasteiger partial charge is 0.540 e. The highest BCUT2D eigenvalue weighted by Gasteiger charge is 2.37. The van der Waals surface area contributed by atoms with Crippen molar-refractivity contribution in [3.05, 3.63) is 63.7 Å². The summed E-state index contributed by atoms with van der Waals surface area (Å²) in [4.78, 5) is 26.6. The van der Waals surface area contributed by atoms with E-state index in [2.05, 4.69) is 38.2 Å². The summed E-state index contributed by atoms with van der Waals surface area (Å²) in [5.74, 6) is 0.177. The Bertz CT molecular complexity index is 930. The first-order chi connectivity index (χ1) is 14.1. The van der Waals surface area contributed by atoms with Crippen LogP contribution in [0.15, 0.2) is 30.3 Å². The Morgan fingerprint density at radius 2 is 1.70 bits per heavy atom. The van der Waals surface area contributed by atoms with Crippen molar-refractivity contribution in [2.75, 3.05) is 7.11 Å². The number of benzene rings is 2. The van der Waals surface area contributed by atoms with E-state index in [1.54, 1.807) is 12.1 Å². The lowest BCUT2D eigenvalue weighted by Crippen LogP contribution is -2.29. The molecule has 0 aliphatic carbocycles. The SMILES string of the molecule is CCCc1c(O[Si])c(C(C)(C)C(C)C)c(C)c(C(=O)OC)c1C(=O)c1ccccc1. The molecule has 2 aromatic carbocycles. The van der Waals surface area contributed by atoms with E-state index in [1.165, 1.54) is 7.11 Å². The van der Waals surface area contributed by atoms with Crippen molar-refractivity contribution < 1.29 is 18.8 Å². The lowest BCUT2D eigenvalue weighted by atomic mass is 9.70. The number of esters is 1. The van der Waals surface area contributed by atoms with Gasteiger partial charge in [0.05, 0.1) is 12.7 Å². The maximum Gasteiger partial charge on any atom is 0.341 e. The second kappa shape index (κ2) is 9.60. The van der Waals surface area contributed by atoms with E-state index < -0.39 is 5.97 Å². The van der Waals surface area contributed by atoms with Gasteiger partial charge in [0.1, 0.15) is 5.75 Å². The predicted molar refractivity (Wildman–Crippen MR) is 121 cm³/mol. The summed E-state index contributed by atoms with van der Waals surface area (Å²) in [7, 11) is 4.60. The molecule has 0 saturated heterocycles. The number of carbonyl (C=O) groups excluding carboxylic acids is 2. The first-order valence-electron chi connectivity index (χ1n) is 10.3. The van der Waals surface area contributed by atoms with Gasteiger partial charge in [0.15, 0.2) is 5.78 Å². The maximum atomic E-state index is 13.6. The smallest absolute Gasteiger partial charge is 0.341 e. The van der Waals surface area contributed by atoms with E-state index in [1.807, 2.05) is 32.0 Å². The third kappa shape index (κ3) is 4.22. The number of carbonyl (C=O) groups is 2. The summed E-state index contributed by atoms with van der Waals surface area (Å²) in [5, 5.41) is 0. The zero-order valence-electron chi connectivity index (χ0n) is 19.0. The number of hydrogen-bond donors (Lipinski definition) is 0. The van der Waals surface area contributed by atoms with Crippen LogP contribution in [0, 0.1) is 12.8 Å². The lowest BCUT2D eigenvalue weighted by Gasteiger charge is -2.35. The van der Waals surface area contributed by atoms with Crippen LogP contribution in [0.5, 0.6) is 5.75 Å². The van der Waals surface area contributed by atoms with Gasteiger partial charge in [-0.25, -0.2) is 4.79 Å². The van der Waals surface area contributed by atoms with Crippen LogP contribution >= 0.6 is 0 Å². The minimum atomic E-state index is -0.509. The molecule has 0 amide bonds. The van der Waals surface area contributed by atoms with Gasteiger partial charge in [0.25, 0.3) is 0 Å². The molecule has 0 bridgehead atoms. The Morgan fingerprint density at radius 3 is 2.17 bits per heavy atom. The van der Waals surface area contributed by atoms with Gasteiger partial charge in [0.2, 0.25) is 0 Å². The van der Waals surface area contributed by atoms with Crippen LogP contribution in [0.1, 0.15) is 84.0 Å². The standard InChI is InChI=1S/C25H31O4Si/c1-8-12-18-20(22(26)17-13-10-9-11-14-17)19(24(27)28-7)16(4)21(23(18)29-30)25(5,6)15(2)3/h9-11,13-15H,8,12H2,1-7H3. The summed E-state index contributed by atoms with van der Waals surface area (Å²) in [6.45, 7) is 12.4. The van der Waals surface area contributed by atoms with Gasteiger partial charge in [-0.15, -0.1) is 0 Å². The van der Waals surface area contributed by atoms with E-state index in [9.17, 15) is 9.59 Å². The van der Waals surface area contributed by atoms with Crippen molar-refractivity contribution in [1.82, 2.24) is 0 Å². The normalized spacial score (nSPS) is 11.5. The quantitative estimate of drug-likeness (QED) is 0.326. The number of hydrogen-bond acceptors (Lipinski definition) is 4. The molecule has 0 heterocycles. The highest BCUT2D eigenvalue weighted by atomic mass is 28.2. The summed E-state index contributed by atoms with van der Waals surface area (Å²) in [5.41, 5.74) is 3.28. The van der Waals surface area contributed by atoms with Gasteiger partial charge in [0, 0.05) is 22.3 Å². The molecule has 0 fully saturated rings. The van der Waals surface area contributed by atoms with Crippen LogP contribution in [0.2, 0.25) is 0 Å². The molecule has 0 aliphatic rings. The summed E-state index contributed by atoms with van der Waals surface area (Å²) < 4.78 is 10.9. The third-order valence-corrected chi connectivity index (χ3v) is 6.35. The Hall–Kier alpha value is -2.40. The van der Waals surface area contributed by atoms with Crippen LogP contribution in [0.4, 0.5) is 0 Å². The predicted octanol–water partition coefficient (Wildman–Crippen LogP) is 5.36. The molecule has 0 spiro atoms. The summed E-state index contributed by atoms with van der Waals surface area (Å²) in [6, 6.07) is 9.00. The zero-order chi connectivity index (χ0) is 22.6. The molecule has 0 atom stereocenters. The molecule has 0 saturated carbocycles. The molecule has 2 aromatic rings. The maximum absolute atomic E-state index is 13.6. The fourth-order valence-corrected chi connectivity index (χ4v) is 4.13. The van der Waals surface area contributed by atoms with Gasteiger partial charge < -0.3 is 9.16 Å². The molecule has 30 heavy (non-hydrogen) atoms. The number of ether oxygens (including phenoxy) is 1. The molecule has 0 aromatic heterocycles. The van der Waals surface area contributed by atoms with E-state index in [-0.39, 0.29) is 17.1 Å². The van der Waals surface area contributed by atoms with Crippen molar-refractivity contribution in [3.8, 4) is 5.75 Å². The van der Waals surface area contributed by atoms with Crippen LogP contribution in [0.25, 0.3) is 0 Å². The van der Waals surface area contributed by atoms with Gasteiger partial charge in [-0.3, -0.25) is 4.79 Å². The van der Waals surface area contributed by atoms with E-state index in [0.717, 1.165) is 17.5 Å².